The minimum absolute atomic E-state index is 0.0840. The zero-order chi connectivity index (χ0) is 13.7. The van der Waals surface area contributed by atoms with Crippen molar-refractivity contribution in [3.8, 4) is 0 Å². The van der Waals surface area contributed by atoms with Gasteiger partial charge in [0.25, 0.3) is 0 Å². The third kappa shape index (κ3) is 1.90. The van der Waals surface area contributed by atoms with Gasteiger partial charge in [-0.05, 0) is 43.2 Å². The Kier molecular flexibility index (Phi) is 2.89. The third-order valence-electron chi connectivity index (χ3n) is 5.02. The molecule has 1 aromatic heterocycles. The second-order valence-electron chi connectivity index (χ2n) is 6.15. The Morgan fingerprint density at radius 3 is 2.85 bits per heavy atom. The number of fused-ring (bicyclic) bond motifs is 3. The van der Waals surface area contributed by atoms with Gasteiger partial charge in [-0.15, -0.1) is 11.3 Å². The largest absolute Gasteiger partial charge is 0.327 e. The molecule has 2 fully saturated rings. The first kappa shape index (κ1) is 12.5. The Morgan fingerprint density at radius 1 is 1.30 bits per heavy atom. The minimum atomic E-state index is 0.0840. The van der Waals surface area contributed by atoms with Gasteiger partial charge in [-0.2, -0.15) is 0 Å². The lowest BCUT2D eigenvalue weighted by molar-refractivity contribution is -0.124. The molecule has 0 amide bonds. The van der Waals surface area contributed by atoms with Crippen LogP contribution in [0.5, 0.6) is 0 Å². The van der Waals surface area contributed by atoms with Crippen LogP contribution in [0.3, 0.4) is 0 Å². The summed E-state index contributed by atoms with van der Waals surface area (Å²) in [5, 5.41) is 0.936. The average molecular weight is 286 g/mol. The van der Waals surface area contributed by atoms with Crippen LogP contribution < -0.4 is 5.73 Å². The summed E-state index contributed by atoms with van der Waals surface area (Å²) in [4.78, 5) is 17.1. The molecule has 3 nitrogen and oxygen atoms in total. The number of hydrogen-bond acceptors (Lipinski definition) is 4. The van der Waals surface area contributed by atoms with E-state index in [1.165, 1.54) is 12.8 Å². The van der Waals surface area contributed by atoms with Crippen molar-refractivity contribution >= 4 is 27.3 Å². The Morgan fingerprint density at radius 2 is 2.10 bits per heavy atom. The quantitative estimate of drug-likeness (QED) is 0.944. The van der Waals surface area contributed by atoms with Crippen LogP contribution >= 0.6 is 11.3 Å². The first-order valence-corrected chi connectivity index (χ1v) is 8.17. The van der Waals surface area contributed by atoms with Gasteiger partial charge in [0.15, 0.2) is 0 Å². The van der Waals surface area contributed by atoms with Crippen molar-refractivity contribution in [3.05, 3.63) is 29.3 Å². The van der Waals surface area contributed by atoms with Crippen LogP contribution in [-0.4, -0.2) is 16.8 Å². The molecule has 2 N–H and O–H groups in total. The standard InChI is InChI=1S/C16H18N2OS/c17-16-10-6-5-9(7-10)15(16)12(19)8-14-18-11-3-1-2-4-13(11)20-14/h1-4,9-10,15-16H,5-8,17H2. The summed E-state index contributed by atoms with van der Waals surface area (Å²) in [5.41, 5.74) is 7.25. The Bertz CT molecular complexity index is 630. The van der Waals surface area contributed by atoms with E-state index in [0.29, 0.717) is 24.0 Å². The number of Topliss-reactive ketones (excluding diaryl/α,β-unsaturated/α-hetero) is 1. The lowest BCUT2D eigenvalue weighted by Crippen LogP contribution is -2.40. The highest BCUT2D eigenvalue weighted by Crippen LogP contribution is 2.48. The number of thiazole rings is 1. The molecule has 1 aromatic carbocycles. The molecule has 1 heterocycles. The maximum absolute atomic E-state index is 12.6. The first-order chi connectivity index (χ1) is 9.72. The first-order valence-electron chi connectivity index (χ1n) is 7.35. The van der Waals surface area contributed by atoms with Gasteiger partial charge in [0.05, 0.1) is 16.6 Å². The second-order valence-corrected chi connectivity index (χ2v) is 7.27. The van der Waals surface area contributed by atoms with Gasteiger partial charge in [-0.25, -0.2) is 4.98 Å². The Balaban J connectivity index is 1.55. The Hall–Kier alpha value is -1.26. The van der Waals surface area contributed by atoms with Crippen molar-refractivity contribution in [2.75, 3.05) is 0 Å². The molecule has 0 radical (unpaired) electrons. The number of para-hydroxylation sites is 1. The second kappa shape index (κ2) is 4.64. The van der Waals surface area contributed by atoms with E-state index in [1.807, 2.05) is 18.2 Å². The number of aromatic nitrogens is 1. The fourth-order valence-corrected chi connectivity index (χ4v) is 5.05. The molecular formula is C16H18N2OS. The van der Waals surface area contributed by atoms with Gasteiger partial charge in [0, 0.05) is 12.0 Å². The van der Waals surface area contributed by atoms with Crippen LogP contribution in [0.4, 0.5) is 0 Å². The fourth-order valence-electron chi connectivity index (χ4n) is 4.08. The molecule has 0 saturated heterocycles. The summed E-state index contributed by atoms with van der Waals surface area (Å²) in [6.45, 7) is 0. The van der Waals surface area contributed by atoms with E-state index in [1.54, 1.807) is 11.3 Å². The summed E-state index contributed by atoms with van der Waals surface area (Å²) in [6.07, 6.45) is 4.03. The predicted molar refractivity (Wildman–Crippen MR) is 80.6 cm³/mol. The van der Waals surface area contributed by atoms with Crippen LogP contribution in [0.2, 0.25) is 0 Å². The molecule has 2 aliphatic carbocycles. The van der Waals surface area contributed by atoms with E-state index in [4.69, 9.17) is 5.73 Å². The van der Waals surface area contributed by atoms with Crippen LogP contribution in [0.25, 0.3) is 10.2 Å². The van der Waals surface area contributed by atoms with E-state index in [0.717, 1.165) is 21.6 Å². The predicted octanol–water partition coefficient (Wildman–Crippen LogP) is 2.78. The monoisotopic (exact) mass is 286 g/mol. The topological polar surface area (TPSA) is 56.0 Å². The summed E-state index contributed by atoms with van der Waals surface area (Å²) in [5.74, 6) is 1.52. The molecule has 0 aliphatic heterocycles. The van der Waals surface area contributed by atoms with Gasteiger partial charge < -0.3 is 5.73 Å². The number of carbonyl (C=O) groups excluding carboxylic acids is 1. The molecule has 4 heteroatoms. The lowest BCUT2D eigenvalue weighted by atomic mass is 9.81. The molecule has 2 saturated carbocycles. The molecule has 2 aliphatic rings. The number of nitrogens with zero attached hydrogens (tertiary/aromatic N) is 1. The molecule has 104 valence electrons. The normalized spacial score (nSPS) is 32.0. The van der Waals surface area contributed by atoms with Crippen LogP contribution in [0.15, 0.2) is 24.3 Å². The molecule has 4 unspecified atom stereocenters. The number of hydrogen-bond donors (Lipinski definition) is 1. The van der Waals surface area contributed by atoms with Crippen molar-refractivity contribution in [1.29, 1.82) is 0 Å². The average Bonchev–Trinajstić information content (AvgIpc) is 3.10. The number of ketones is 1. The van der Waals surface area contributed by atoms with Gasteiger partial charge in [-0.1, -0.05) is 12.1 Å². The number of carbonyl (C=O) groups is 1. The number of nitrogens with two attached hydrogens (primary N) is 1. The summed E-state index contributed by atoms with van der Waals surface area (Å²) in [6, 6.07) is 8.15. The number of benzene rings is 1. The minimum Gasteiger partial charge on any atom is -0.327 e. The highest BCUT2D eigenvalue weighted by atomic mass is 32.1. The van der Waals surface area contributed by atoms with Gasteiger partial charge in [0.1, 0.15) is 10.8 Å². The van der Waals surface area contributed by atoms with Gasteiger partial charge in [-0.3, -0.25) is 4.79 Å². The lowest BCUT2D eigenvalue weighted by Gasteiger charge is -2.26. The molecule has 2 aromatic rings. The SMILES string of the molecule is NC1C2CCC(C2)C1C(=O)Cc1nc2ccccc2s1. The zero-order valence-electron chi connectivity index (χ0n) is 11.3. The van der Waals surface area contributed by atoms with Crippen LogP contribution in [-0.2, 0) is 11.2 Å². The summed E-state index contributed by atoms with van der Waals surface area (Å²) < 4.78 is 1.16. The van der Waals surface area contributed by atoms with Crippen molar-refractivity contribution in [3.63, 3.8) is 0 Å². The molecule has 4 rings (SSSR count). The highest BCUT2D eigenvalue weighted by Gasteiger charge is 2.48. The van der Waals surface area contributed by atoms with E-state index in [9.17, 15) is 4.79 Å². The molecule has 4 atom stereocenters. The van der Waals surface area contributed by atoms with Crippen LogP contribution in [0.1, 0.15) is 24.3 Å². The van der Waals surface area contributed by atoms with Crippen molar-refractivity contribution in [2.24, 2.45) is 23.5 Å². The highest BCUT2D eigenvalue weighted by molar-refractivity contribution is 7.18. The van der Waals surface area contributed by atoms with Crippen molar-refractivity contribution < 1.29 is 4.79 Å². The van der Waals surface area contributed by atoms with E-state index >= 15 is 0 Å². The van der Waals surface area contributed by atoms with Gasteiger partial charge >= 0.3 is 0 Å². The molecule has 2 bridgehead atoms. The van der Waals surface area contributed by atoms with E-state index in [2.05, 4.69) is 11.1 Å². The molecule has 20 heavy (non-hydrogen) atoms. The third-order valence-corrected chi connectivity index (χ3v) is 6.05. The van der Waals surface area contributed by atoms with E-state index < -0.39 is 0 Å². The summed E-state index contributed by atoms with van der Waals surface area (Å²) >= 11 is 1.63. The molecular weight excluding hydrogens is 268 g/mol. The smallest absolute Gasteiger partial charge is 0.144 e. The fraction of sp³-hybridized carbons (Fsp3) is 0.500. The maximum atomic E-state index is 12.6. The number of rotatable bonds is 3. The molecule has 0 spiro atoms. The van der Waals surface area contributed by atoms with Crippen LogP contribution in [0, 0.1) is 17.8 Å². The maximum Gasteiger partial charge on any atom is 0.144 e. The summed E-state index contributed by atoms with van der Waals surface area (Å²) in [7, 11) is 0. The Labute approximate surface area is 122 Å². The van der Waals surface area contributed by atoms with E-state index in [-0.39, 0.29) is 12.0 Å². The van der Waals surface area contributed by atoms with Gasteiger partial charge in [0.2, 0.25) is 0 Å². The van der Waals surface area contributed by atoms with Crippen molar-refractivity contribution in [1.82, 2.24) is 4.98 Å². The van der Waals surface area contributed by atoms with Crippen molar-refractivity contribution in [2.45, 2.75) is 31.7 Å². The zero-order valence-corrected chi connectivity index (χ0v) is 12.1.